The molecule has 2 saturated carbocycles. The van der Waals surface area contributed by atoms with Gasteiger partial charge in [-0.25, -0.2) is 4.79 Å². The number of amides is 2. The monoisotopic (exact) mass is 366 g/mol. The Morgan fingerprint density at radius 1 is 1.27 bits per heavy atom. The maximum Gasteiger partial charge on any atom is 0.326 e. The zero-order valence-corrected chi connectivity index (χ0v) is 16.2. The first kappa shape index (κ1) is 19.1. The molecular formula is C19H30N2O5. The second kappa shape index (κ2) is 6.22. The largest absolute Gasteiger partial charge is 0.480 e. The van der Waals surface area contributed by atoms with Crippen LogP contribution in [0, 0.1) is 22.7 Å². The van der Waals surface area contributed by atoms with Gasteiger partial charge in [-0.05, 0) is 29.6 Å². The van der Waals surface area contributed by atoms with Crippen molar-refractivity contribution in [1.82, 2.24) is 10.2 Å². The molecule has 26 heavy (non-hydrogen) atoms. The lowest BCUT2D eigenvalue weighted by Crippen LogP contribution is -2.58. The van der Waals surface area contributed by atoms with Crippen LogP contribution in [0.15, 0.2) is 0 Å². The maximum atomic E-state index is 13.2. The molecule has 2 amide bonds. The molecule has 0 aromatic rings. The van der Waals surface area contributed by atoms with Gasteiger partial charge in [0.05, 0.1) is 6.10 Å². The number of fused-ring (bicyclic) bond motifs is 1. The molecule has 0 bridgehead atoms. The van der Waals surface area contributed by atoms with E-state index >= 15 is 0 Å². The lowest BCUT2D eigenvalue weighted by molar-refractivity contribution is -0.153. The van der Waals surface area contributed by atoms with Gasteiger partial charge < -0.3 is 20.1 Å². The summed E-state index contributed by atoms with van der Waals surface area (Å²) in [4.78, 5) is 38.7. The summed E-state index contributed by atoms with van der Waals surface area (Å²) in [5.41, 5.74) is -0.573. The first-order valence-electron chi connectivity index (χ1n) is 9.39. The van der Waals surface area contributed by atoms with Crippen LogP contribution in [0.2, 0.25) is 0 Å². The Balaban J connectivity index is 1.71. The van der Waals surface area contributed by atoms with E-state index in [1.807, 2.05) is 20.8 Å². The van der Waals surface area contributed by atoms with Crippen LogP contribution in [0.3, 0.4) is 0 Å². The molecule has 3 fully saturated rings. The molecule has 0 aromatic heterocycles. The summed E-state index contributed by atoms with van der Waals surface area (Å²) in [6.45, 7) is 10.1. The molecule has 0 spiro atoms. The Kier molecular flexibility index (Phi) is 4.58. The number of hydrogen-bond acceptors (Lipinski definition) is 4. The number of carbonyl (C=O) groups excluding carboxylic acids is 2. The number of aliphatic carboxylic acids is 1. The molecule has 2 N–H and O–H groups in total. The first-order valence-corrected chi connectivity index (χ1v) is 9.39. The normalized spacial score (nSPS) is 30.5. The summed E-state index contributed by atoms with van der Waals surface area (Å²) in [5, 5.41) is 12.5. The van der Waals surface area contributed by atoms with E-state index in [9.17, 15) is 19.5 Å². The van der Waals surface area contributed by atoms with E-state index in [0.717, 1.165) is 12.8 Å². The number of ether oxygens (including phenoxy) is 1. The molecule has 4 atom stereocenters. The lowest BCUT2D eigenvalue weighted by atomic mass is 9.85. The van der Waals surface area contributed by atoms with Crippen molar-refractivity contribution < 1.29 is 24.2 Å². The number of carboxylic acids is 1. The maximum absolute atomic E-state index is 13.2. The number of hydrogen-bond donors (Lipinski definition) is 2. The Morgan fingerprint density at radius 2 is 1.88 bits per heavy atom. The molecule has 0 radical (unpaired) electrons. The molecule has 7 heteroatoms. The van der Waals surface area contributed by atoms with Gasteiger partial charge in [0.15, 0.2) is 0 Å². The van der Waals surface area contributed by atoms with Crippen molar-refractivity contribution in [2.24, 2.45) is 22.7 Å². The second-order valence-electron chi connectivity index (χ2n) is 9.60. The minimum absolute atomic E-state index is 0.0153. The molecule has 146 valence electrons. The van der Waals surface area contributed by atoms with Crippen molar-refractivity contribution in [2.75, 3.05) is 13.2 Å². The van der Waals surface area contributed by atoms with Crippen LogP contribution in [0.1, 0.15) is 47.5 Å². The van der Waals surface area contributed by atoms with E-state index in [1.54, 1.807) is 0 Å². The van der Waals surface area contributed by atoms with Gasteiger partial charge in [-0.15, -0.1) is 0 Å². The van der Waals surface area contributed by atoms with E-state index < -0.39 is 23.5 Å². The number of carbonyl (C=O) groups is 3. The van der Waals surface area contributed by atoms with E-state index in [0.29, 0.717) is 6.54 Å². The molecular weight excluding hydrogens is 336 g/mol. The zero-order valence-electron chi connectivity index (χ0n) is 16.2. The number of nitrogens with zero attached hydrogens (tertiary/aromatic N) is 1. The van der Waals surface area contributed by atoms with E-state index in [1.165, 1.54) is 4.90 Å². The average molecular weight is 366 g/mol. The van der Waals surface area contributed by atoms with Crippen molar-refractivity contribution in [3.05, 3.63) is 0 Å². The first-order chi connectivity index (χ1) is 11.9. The fourth-order valence-corrected chi connectivity index (χ4v) is 4.24. The van der Waals surface area contributed by atoms with Gasteiger partial charge in [-0.3, -0.25) is 9.59 Å². The second-order valence-corrected chi connectivity index (χ2v) is 9.60. The highest BCUT2D eigenvalue weighted by molar-refractivity contribution is 5.92. The Bertz CT molecular complexity index is 620. The fourth-order valence-electron chi connectivity index (χ4n) is 4.24. The molecule has 1 aliphatic heterocycles. The van der Waals surface area contributed by atoms with E-state index in [-0.39, 0.29) is 41.8 Å². The fraction of sp³-hybridized carbons (Fsp3) is 0.842. The third-order valence-corrected chi connectivity index (χ3v) is 6.14. The standard InChI is InChI=1S/C19H30N2O5/c1-18(2,3)15(20-12(22)9-26-10-6-7-10)16(23)21-8-11-13(19(11,4)5)14(21)17(24)25/h10-11,13-15H,6-9H2,1-5H3,(H,20,22)(H,24,25)/t11-,13-,14-,15?/m0/s1. The van der Waals surface area contributed by atoms with E-state index in [4.69, 9.17) is 4.74 Å². The topological polar surface area (TPSA) is 95.9 Å². The number of carboxylic acid groups (broad SMARTS) is 1. The number of likely N-dealkylation sites (tertiary alicyclic amines) is 1. The van der Waals surface area contributed by atoms with Gasteiger partial charge in [-0.2, -0.15) is 0 Å². The molecule has 1 unspecified atom stereocenters. The van der Waals surface area contributed by atoms with Crippen molar-refractivity contribution in [3.8, 4) is 0 Å². The van der Waals surface area contributed by atoms with Gasteiger partial charge in [-0.1, -0.05) is 34.6 Å². The average Bonchev–Trinajstić information content (AvgIpc) is 3.36. The highest BCUT2D eigenvalue weighted by atomic mass is 16.5. The molecule has 2 aliphatic carbocycles. The summed E-state index contributed by atoms with van der Waals surface area (Å²) >= 11 is 0. The van der Waals surface area contributed by atoms with Gasteiger partial charge in [0, 0.05) is 12.5 Å². The predicted octanol–water partition coefficient (Wildman–Crippen LogP) is 1.26. The van der Waals surface area contributed by atoms with E-state index in [2.05, 4.69) is 19.2 Å². The summed E-state index contributed by atoms with van der Waals surface area (Å²) in [6.07, 6.45) is 2.11. The van der Waals surface area contributed by atoms with Crippen LogP contribution in [0.4, 0.5) is 0 Å². The van der Waals surface area contributed by atoms with Gasteiger partial charge in [0.2, 0.25) is 11.8 Å². The van der Waals surface area contributed by atoms with Crippen LogP contribution < -0.4 is 5.32 Å². The SMILES string of the molecule is CC(C)(C)C(NC(=O)COC1CC1)C(=O)N1C[C@H]2[C@@H]([C@H]1C(=O)O)C2(C)C. The molecule has 1 heterocycles. The smallest absolute Gasteiger partial charge is 0.326 e. The van der Waals surface area contributed by atoms with Gasteiger partial charge in [0.25, 0.3) is 0 Å². The van der Waals surface area contributed by atoms with Crippen LogP contribution in [0.25, 0.3) is 0 Å². The highest BCUT2D eigenvalue weighted by Crippen LogP contribution is 2.65. The highest BCUT2D eigenvalue weighted by Gasteiger charge is 2.70. The van der Waals surface area contributed by atoms with Crippen molar-refractivity contribution in [3.63, 3.8) is 0 Å². The van der Waals surface area contributed by atoms with Crippen molar-refractivity contribution >= 4 is 17.8 Å². The molecule has 3 aliphatic rings. The molecule has 0 aromatic carbocycles. The molecule has 3 rings (SSSR count). The summed E-state index contributed by atoms with van der Waals surface area (Å²) in [7, 11) is 0. The van der Waals surface area contributed by atoms with Crippen LogP contribution in [-0.2, 0) is 19.1 Å². The summed E-state index contributed by atoms with van der Waals surface area (Å²) < 4.78 is 5.41. The Hall–Kier alpha value is -1.63. The Morgan fingerprint density at radius 3 is 2.38 bits per heavy atom. The van der Waals surface area contributed by atoms with Crippen LogP contribution >= 0.6 is 0 Å². The predicted molar refractivity (Wildman–Crippen MR) is 94.3 cm³/mol. The number of piperidine rings is 1. The van der Waals surface area contributed by atoms with Crippen molar-refractivity contribution in [1.29, 1.82) is 0 Å². The van der Waals surface area contributed by atoms with Crippen molar-refractivity contribution in [2.45, 2.75) is 65.6 Å². The summed E-state index contributed by atoms with van der Waals surface area (Å²) in [5.74, 6) is -1.41. The number of nitrogens with one attached hydrogen (secondary N) is 1. The summed E-state index contributed by atoms with van der Waals surface area (Å²) in [6, 6.07) is -1.59. The molecule has 7 nitrogen and oxygen atoms in total. The van der Waals surface area contributed by atoms with Gasteiger partial charge >= 0.3 is 5.97 Å². The minimum Gasteiger partial charge on any atom is -0.480 e. The third-order valence-electron chi connectivity index (χ3n) is 6.14. The Labute approximate surface area is 154 Å². The van der Waals surface area contributed by atoms with Gasteiger partial charge in [0.1, 0.15) is 18.7 Å². The zero-order chi connectivity index (χ0) is 19.4. The van der Waals surface area contributed by atoms with Crippen LogP contribution in [-0.4, -0.2) is 59.1 Å². The number of rotatable bonds is 6. The molecule has 1 saturated heterocycles. The minimum atomic E-state index is -0.965. The third kappa shape index (κ3) is 3.46. The quantitative estimate of drug-likeness (QED) is 0.738. The lowest BCUT2D eigenvalue weighted by Gasteiger charge is -2.36. The van der Waals surface area contributed by atoms with Crippen LogP contribution in [0.5, 0.6) is 0 Å².